The van der Waals surface area contributed by atoms with Gasteiger partial charge < -0.3 is 5.11 Å². The molecule has 7 heteroatoms. The minimum atomic E-state index is -3.94. The van der Waals surface area contributed by atoms with Crippen molar-refractivity contribution in [3.63, 3.8) is 0 Å². The Kier molecular flexibility index (Phi) is 3.62. The Morgan fingerprint density at radius 2 is 1.55 bits per heavy atom. The largest absolute Gasteiger partial charge is 0.478 e. The van der Waals surface area contributed by atoms with Gasteiger partial charge in [-0.2, -0.15) is 12.8 Å². The van der Waals surface area contributed by atoms with Gasteiger partial charge >= 0.3 is 5.97 Å². The van der Waals surface area contributed by atoms with E-state index in [1.807, 2.05) is 0 Å². The molecule has 0 bridgehead atoms. The fourth-order valence-corrected chi connectivity index (χ4v) is 2.45. The van der Waals surface area contributed by atoms with Gasteiger partial charge in [0.05, 0.1) is 16.2 Å². The number of rotatable bonds is 3. The lowest BCUT2D eigenvalue weighted by Crippen LogP contribution is -2.05. The zero-order chi connectivity index (χ0) is 14.8. The van der Waals surface area contributed by atoms with E-state index in [0.29, 0.717) is 0 Å². The molecule has 0 saturated carbocycles. The Morgan fingerprint density at radius 1 is 1.00 bits per heavy atom. The predicted octanol–water partition coefficient (Wildman–Crippen LogP) is 1.21. The topological polar surface area (TPSA) is 101 Å². The monoisotopic (exact) mass is 291 g/mol. The molecule has 0 aliphatic heterocycles. The number of benzene rings is 1. The van der Waals surface area contributed by atoms with Crippen molar-refractivity contribution < 1.29 is 23.1 Å². The molecule has 0 unspecified atom stereocenters. The third-order valence-electron chi connectivity index (χ3n) is 2.46. The molecule has 1 aromatic carbocycles. The molecular formula is C13H9NO5S. The van der Waals surface area contributed by atoms with Crippen molar-refractivity contribution in [1.29, 1.82) is 0 Å². The summed E-state index contributed by atoms with van der Waals surface area (Å²) >= 11 is 0. The van der Waals surface area contributed by atoms with Crippen LogP contribution < -0.4 is 0 Å². The number of ketones is 1. The fraction of sp³-hybridized carbons (Fsp3) is 0. The summed E-state index contributed by atoms with van der Waals surface area (Å²) in [4.78, 5) is 21.5. The van der Waals surface area contributed by atoms with Crippen LogP contribution in [0.1, 0.15) is 10.4 Å². The van der Waals surface area contributed by atoms with Gasteiger partial charge in [-0.1, -0.05) is 0 Å². The Balaban J connectivity index is 2.34. The van der Waals surface area contributed by atoms with E-state index in [0.717, 1.165) is 0 Å². The summed E-state index contributed by atoms with van der Waals surface area (Å²) in [5, 5.41) is 8.74. The maximum Gasteiger partial charge on any atom is 0.335 e. The van der Waals surface area contributed by atoms with E-state index in [2.05, 4.69) is 4.40 Å². The Bertz CT molecular complexity index is 736. The molecule has 0 spiro atoms. The van der Waals surface area contributed by atoms with Crippen LogP contribution >= 0.6 is 0 Å². The molecule has 0 radical (unpaired) electrons. The third kappa shape index (κ3) is 3.07. The first kappa shape index (κ1) is 13.9. The average molecular weight is 291 g/mol. The highest BCUT2D eigenvalue weighted by Gasteiger charge is 2.14. The zero-order valence-electron chi connectivity index (χ0n) is 10.1. The highest BCUT2D eigenvalue weighted by atomic mass is 32.2. The number of carbonyl (C=O) groups excluding carboxylic acids is 1. The van der Waals surface area contributed by atoms with Crippen molar-refractivity contribution >= 4 is 27.5 Å². The van der Waals surface area contributed by atoms with Crippen LogP contribution in [0.3, 0.4) is 0 Å². The molecule has 0 fully saturated rings. The summed E-state index contributed by atoms with van der Waals surface area (Å²) < 4.78 is 27.5. The van der Waals surface area contributed by atoms with Gasteiger partial charge in [0.2, 0.25) is 0 Å². The van der Waals surface area contributed by atoms with E-state index >= 15 is 0 Å². The standard InChI is InChI=1S/C13H9NO5S/c15-11-5-3-10(4-6-11)14-20(18,19)12-7-1-9(2-8-12)13(16)17/h1-8H,(H,16,17). The van der Waals surface area contributed by atoms with Crippen molar-refractivity contribution in [1.82, 2.24) is 0 Å². The first-order chi connectivity index (χ1) is 9.38. The maximum absolute atomic E-state index is 12.0. The highest BCUT2D eigenvalue weighted by Crippen LogP contribution is 2.14. The van der Waals surface area contributed by atoms with Gasteiger partial charge in [-0.25, -0.2) is 4.79 Å². The lowest BCUT2D eigenvalue weighted by atomic mass is 10.2. The lowest BCUT2D eigenvalue weighted by Gasteiger charge is -2.02. The van der Waals surface area contributed by atoms with Gasteiger partial charge in [0.15, 0.2) is 5.78 Å². The molecule has 0 heterocycles. The minimum Gasteiger partial charge on any atom is -0.478 e. The fourth-order valence-electron chi connectivity index (χ4n) is 1.47. The van der Waals surface area contributed by atoms with E-state index in [4.69, 9.17) is 5.11 Å². The van der Waals surface area contributed by atoms with Crippen LogP contribution in [0.4, 0.5) is 0 Å². The Labute approximate surface area is 114 Å². The van der Waals surface area contributed by atoms with E-state index in [1.165, 1.54) is 48.6 Å². The summed E-state index contributed by atoms with van der Waals surface area (Å²) in [6.07, 6.45) is 5.01. The van der Waals surface area contributed by atoms with Crippen molar-refractivity contribution in [3.05, 3.63) is 54.1 Å². The van der Waals surface area contributed by atoms with Crippen LogP contribution in [-0.4, -0.2) is 31.0 Å². The molecule has 1 aliphatic carbocycles. The summed E-state index contributed by atoms with van der Waals surface area (Å²) in [7, 11) is -3.94. The number of allylic oxidation sites excluding steroid dienone is 4. The van der Waals surface area contributed by atoms with Crippen LogP contribution in [0.25, 0.3) is 0 Å². The van der Waals surface area contributed by atoms with Gasteiger partial charge in [-0.05, 0) is 48.6 Å². The van der Waals surface area contributed by atoms with E-state index in [-0.39, 0.29) is 22.0 Å². The van der Waals surface area contributed by atoms with Crippen molar-refractivity contribution in [2.24, 2.45) is 4.40 Å². The van der Waals surface area contributed by atoms with Crippen LogP contribution in [0.2, 0.25) is 0 Å². The van der Waals surface area contributed by atoms with E-state index < -0.39 is 16.0 Å². The average Bonchev–Trinajstić information content (AvgIpc) is 2.41. The first-order valence-corrected chi connectivity index (χ1v) is 6.91. The molecule has 1 aliphatic rings. The molecular weight excluding hydrogens is 282 g/mol. The lowest BCUT2D eigenvalue weighted by molar-refractivity contribution is -0.110. The number of carboxylic acid groups (broad SMARTS) is 1. The van der Waals surface area contributed by atoms with Gasteiger partial charge in [-0.3, -0.25) is 4.79 Å². The summed E-state index contributed by atoms with van der Waals surface area (Å²) in [5.41, 5.74) is 0.117. The number of nitrogens with zero attached hydrogens (tertiary/aromatic N) is 1. The summed E-state index contributed by atoms with van der Waals surface area (Å²) in [6.45, 7) is 0. The van der Waals surface area contributed by atoms with Crippen molar-refractivity contribution in [2.75, 3.05) is 0 Å². The van der Waals surface area contributed by atoms with Crippen LogP contribution in [0.5, 0.6) is 0 Å². The molecule has 2 rings (SSSR count). The number of hydrogen-bond donors (Lipinski definition) is 1. The first-order valence-electron chi connectivity index (χ1n) is 5.47. The molecule has 102 valence electrons. The molecule has 0 saturated heterocycles. The van der Waals surface area contributed by atoms with Crippen LogP contribution in [0.15, 0.2) is 57.9 Å². The molecule has 0 aromatic heterocycles. The second-order valence-corrected chi connectivity index (χ2v) is 5.49. The maximum atomic E-state index is 12.0. The Hall–Kier alpha value is -2.54. The smallest absolute Gasteiger partial charge is 0.335 e. The summed E-state index contributed by atoms with van der Waals surface area (Å²) in [5.74, 6) is -1.39. The molecule has 1 N–H and O–H groups in total. The van der Waals surface area contributed by atoms with E-state index in [9.17, 15) is 18.0 Å². The van der Waals surface area contributed by atoms with Gasteiger partial charge in [0.1, 0.15) is 0 Å². The third-order valence-corrected chi connectivity index (χ3v) is 3.78. The number of carboxylic acids is 1. The number of hydrogen-bond acceptors (Lipinski definition) is 4. The molecule has 1 aromatic rings. The number of aromatic carboxylic acids is 1. The van der Waals surface area contributed by atoms with Gasteiger partial charge in [-0.15, -0.1) is 0 Å². The van der Waals surface area contributed by atoms with Gasteiger partial charge in [0, 0.05) is 0 Å². The second kappa shape index (κ2) is 5.22. The Morgan fingerprint density at radius 3 is 2.05 bits per heavy atom. The van der Waals surface area contributed by atoms with Gasteiger partial charge in [0.25, 0.3) is 10.0 Å². The van der Waals surface area contributed by atoms with E-state index in [1.54, 1.807) is 0 Å². The highest BCUT2D eigenvalue weighted by molar-refractivity contribution is 7.90. The SMILES string of the molecule is O=C1C=CC(=NS(=O)(=O)c2ccc(C(=O)O)cc2)C=C1. The second-order valence-electron chi connectivity index (χ2n) is 3.89. The van der Waals surface area contributed by atoms with Crippen LogP contribution in [-0.2, 0) is 14.8 Å². The number of sulfonamides is 1. The normalized spacial score (nSPS) is 14.4. The van der Waals surface area contributed by atoms with Crippen molar-refractivity contribution in [3.8, 4) is 0 Å². The summed E-state index contributed by atoms with van der Waals surface area (Å²) in [6, 6.07) is 4.71. The predicted molar refractivity (Wildman–Crippen MR) is 71.3 cm³/mol. The molecule has 0 atom stereocenters. The molecule has 6 nitrogen and oxygen atoms in total. The quantitative estimate of drug-likeness (QED) is 0.843. The number of carbonyl (C=O) groups is 2. The van der Waals surface area contributed by atoms with Crippen molar-refractivity contribution in [2.45, 2.75) is 4.90 Å². The zero-order valence-corrected chi connectivity index (χ0v) is 10.9. The minimum absolute atomic E-state index is 0.0142. The van der Waals surface area contributed by atoms with Crippen LogP contribution in [0, 0.1) is 0 Å². The molecule has 0 amide bonds. The molecule has 20 heavy (non-hydrogen) atoms.